The van der Waals surface area contributed by atoms with Gasteiger partial charge in [0.1, 0.15) is 5.75 Å². The number of likely N-dealkylation sites (tertiary alicyclic amines) is 1. The number of hydrogen-bond donors (Lipinski definition) is 2. The third kappa shape index (κ3) is 9.08. The molecule has 1 aliphatic rings. The number of halogens is 3. The number of hydrogen-bond acceptors (Lipinski definition) is 5. The second-order valence-corrected chi connectivity index (χ2v) is 11.1. The zero-order chi connectivity index (χ0) is 31.0. The summed E-state index contributed by atoms with van der Waals surface area (Å²) in [6.07, 6.45) is 0.340. The van der Waals surface area contributed by atoms with E-state index >= 15 is 0 Å². The molecule has 6 nitrogen and oxygen atoms in total. The third-order valence-electron chi connectivity index (χ3n) is 8.03. The summed E-state index contributed by atoms with van der Waals surface area (Å²) in [6.45, 7) is 8.88. The van der Waals surface area contributed by atoms with Crippen LogP contribution in [0.3, 0.4) is 0 Å². The Morgan fingerprint density at radius 2 is 1.58 bits per heavy atom. The Balaban J connectivity index is 1.46. The Morgan fingerprint density at radius 1 is 0.953 bits per heavy atom. The lowest BCUT2D eigenvalue weighted by molar-refractivity contribution is -0.137. The molecule has 43 heavy (non-hydrogen) atoms. The highest BCUT2D eigenvalue weighted by atomic mass is 19.4. The molecule has 0 atom stereocenters. The van der Waals surface area contributed by atoms with Gasteiger partial charge in [0.25, 0.3) is 0 Å². The van der Waals surface area contributed by atoms with Crippen LogP contribution in [0.15, 0.2) is 72.8 Å². The highest BCUT2D eigenvalue weighted by molar-refractivity contribution is 5.92. The molecule has 1 heterocycles. The number of rotatable bonds is 11. The zero-order valence-electron chi connectivity index (χ0n) is 25.1. The van der Waals surface area contributed by atoms with E-state index in [0.29, 0.717) is 18.7 Å². The second kappa shape index (κ2) is 14.6. The fraction of sp³-hybridized carbons (Fsp3) is 0.382. The van der Waals surface area contributed by atoms with Gasteiger partial charge in [-0.15, -0.1) is 0 Å². The topological polar surface area (TPSA) is 59.0 Å². The second-order valence-electron chi connectivity index (χ2n) is 11.1. The van der Waals surface area contributed by atoms with Crippen molar-refractivity contribution >= 4 is 23.4 Å². The monoisotopic (exact) mass is 594 g/mol. The number of phenolic OH excluding ortho intramolecular Hbond substituents is 1. The van der Waals surface area contributed by atoms with Gasteiger partial charge >= 0.3 is 6.18 Å². The van der Waals surface area contributed by atoms with Gasteiger partial charge in [-0.2, -0.15) is 13.2 Å². The number of nitrogens with one attached hydrogen (secondary N) is 1. The number of amides is 1. The van der Waals surface area contributed by atoms with E-state index in [-0.39, 0.29) is 17.7 Å². The molecular weight excluding hydrogens is 553 g/mol. The molecular formula is C34H41F3N4O2. The van der Waals surface area contributed by atoms with E-state index in [1.807, 2.05) is 41.3 Å². The molecule has 9 heteroatoms. The largest absolute Gasteiger partial charge is 0.508 e. The van der Waals surface area contributed by atoms with Gasteiger partial charge in [0.05, 0.1) is 5.56 Å². The molecule has 0 spiro atoms. The minimum absolute atomic E-state index is 0.0694. The molecule has 0 radical (unpaired) electrons. The molecule has 2 N–H and O–H groups in total. The van der Waals surface area contributed by atoms with Crippen molar-refractivity contribution in [1.82, 2.24) is 14.7 Å². The van der Waals surface area contributed by atoms with E-state index in [9.17, 15) is 23.1 Å². The minimum atomic E-state index is -4.40. The van der Waals surface area contributed by atoms with E-state index < -0.39 is 11.7 Å². The lowest BCUT2D eigenvalue weighted by atomic mass is 10.0. The van der Waals surface area contributed by atoms with Gasteiger partial charge in [0, 0.05) is 42.1 Å². The van der Waals surface area contributed by atoms with Crippen molar-refractivity contribution in [3.63, 3.8) is 0 Å². The number of phenols is 1. The van der Waals surface area contributed by atoms with Crippen LogP contribution in [0.4, 0.5) is 24.5 Å². The first kappa shape index (κ1) is 32.1. The van der Waals surface area contributed by atoms with Gasteiger partial charge in [-0.25, -0.2) is 0 Å². The highest BCUT2D eigenvalue weighted by Crippen LogP contribution is 2.30. The summed E-state index contributed by atoms with van der Waals surface area (Å²) in [5.74, 6) is 0.111. The first-order chi connectivity index (χ1) is 20.5. The molecule has 0 aromatic heterocycles. The van der Waals surface area contributed by atoms with Gasteiger partial charge in [-0.1, -0.05) is 38.1 Å². The van der Waals surface area contributed by atoms with Crippen LogP contribution in [0.25, 0.3) is 6.08 Å². The predicted octanol–water partition coefficient (Wildman–Crippen LogP) is 7.13. The maximum Gasteiger partial charge on any atom is 0.416 e. The van der Waals surface area contributed by atoms with Crippen LogP contribution >= 0.6 is 0 Å². The fourth-order valence-corrected chi connectivity index (χ4v) is 5.27. The first-order valence-electron chi connectivity index (χ1n) is 14.8. The predicted molar refractivity (Wildman–Crippen MR) is 166 cm³/mol. The Kier molecular flexibility index (Phi) is 10.9. The molecule has 1 amide bonds. The molecule has 0 aliphatic carbocycles. The summed E-state index contributed by atoms with van der Waals surface area (Å²) in [5, 5.41) is 13.7. The molecule has 4 rings (SSSR count). The molecule has 1 fully saturated rings. The van der Waals surface area contributed by atoms with Gasteiger partial charge in [0.15, 0.2) is 0 Å². The summed E-state index contributed by atoms with van der Waals surface area (Å²) < 4.78 is 38.7. The Bertz CT molecular complexity index is 1360. The minimum Gasteiger partial charge on any atom is -0.508 e. The van der Waals surface area contributed by atoms with Crippen molar-refractivity contribution in [2.24, 2.45) is 0 Å². The summed E-state index contributed by atoms with van der Waals surface area (Å²) >= 11 is 0. The number of aromatic hydroxyl groups is 1. The van der Waals surface area contributed by atoms with E-state index in [4.69, 9.17) is 0 Å². The van der Waals surface area contributed by atoms with Crippen LogP contribution in [0.1, 0.15) is 48.9 Å². The van der Waals surface area contributed by atoms with Crippen LogP contribution in [-0.2, 0) is 24.1 Å². The van der Waals surface area contributed by atoms with E-state index in [0.717, 1.165) is 73.7 Å². The lowest BCUT2D eigenvalue weighted by Gasteiger charge is -2.37. The summed E-state index contributed by atoms with van der Waals surface area (Å²) in [5.41, 5.74) is 3.43. The number of anilines is 2. The van der Waals surface area contributed by atoms with Crippen molar-refractivity contribution in [2.75, 3.05) is 38.5 Å². The van der Waals surface area contributed by atoms with Crippen molar-refractivity contribution < 1.29 is 23.1 Å². The average Bonchev–Trinajstić information content (AvgIpc) is 3.00. The van der Waals surface area contributed by atoms with Crippen molar-refractivity contribution in [3.05, 3.63) is 95.1 Å². The van der Waals surface area contributed by atoms with Gasteiger partial charge < -0.3 is 20.2 Å². The Hall–Kier alpha value is -3.82. The van der Waals surface area contributed by atoms with Crippen LogP contribution < -0.4 is 5.32 Å². The molecule has 3 aromatic rings. The average molecular weight is 595 g/mol. The lowest BCUT2D eigenvalue weighted by Crippen LogP contribution is -2.45. The summed E-state index contributed by atoms with van der Waals surface area (Å²) in [6, 6.07) is 18.3. The molecule has 230 valence electrons. The normalized spacial score (nSPS) is 14.9. The fourth-order valence-electron chi connectivity index (χ4n) is 5.27. The van der Waals surface area contributed by atoms with E-state index in [1.54, 1.807) is 12.1 Å². The van der Waals surface area contributed by atoms with Crippen LogP contribution in [0.5, 0.6) is 5.75 Å². The Labute approximate surface area is 252 Å². The number of carbonyl (C=O) groups excluding carboxylic acids is 1. The molecule has 1 saturated heterocycles. The number of piperidine rings is 1. The molecule has 0 bridgehead atoms. The molecule has 0 saturated carbocycles. The van der Waals surface area contributed by atoms with E-state index in [2.05, 4.69) is 36.0 Å². The first-order valence-corrected chi connectivity index (χ1v) is 14.8. The molecule has 0 unspecified atom stereocenters. The number of nitrogens with zero attached hydrogens (tertiary/aromatic N) is 3. The maximum absolute atomic E-state index is 13.4. The smallest absolute Gasteiger partial charge is 0.416 e. The van der Waals surface area contributed by atoms with Gasteiger partial charge in [-0.05, 0) is 106 Å². The highest BCUT2D eigenvalue weighted by Gasteiger charge is 2.30. The van der Waals surface area contributed by atoms with Crippen LogP contribution in [-0.4, -0.2) is 65.0 Å². The molecule has 3 aromatic carbocycles. The Morgan fingerprint density at radius 3 is 2.19 bits per heavy atom. The van der Waals surface area contributed by atoms with E-state index in [1.165, 1.54) is 18.2 Å². The van der Waals surface area contributed by atoms with Crippen molar-refractivity contribution in [3.8, 4) is 5.75 Å². The van der Waals surface area contributed by atoms with Gasteiger partial charge in [0.2, 0.25) is 5.91 Å². The summed E-state index contributed by atoms with van der Waals surface area (Å²) in [4.78, 5) is 19.8. The quantitative estimate of drug-likeness (QED) is 0.183. The number of alkyl halides is 3. The third-order valence-corrected chi connectivity index (χ3v) is 8.03. The number of carbonyl (C=O) groups is 1. The SMILES string of the molecule is CCN(CC)Cc1cc(Nc2ccc(CN(C(=O)/C=C/c3ccc(C(F)(F)F)cc3)C3CCN(C)CC3)cc2)ccc1O. The zero-order valence-corrected chi connectivity index (χ0v) is 25.1. The molecule has 1 aliphatic heterocycles. The van der Waals surface area contributed by atoms with Crippen molar-refractivity contribution in [1.29, 1.82) is 0 Å². The summed E-state index contributed by atoms with van der Waals surface area (Å²) in [7, 11) is 2.07. The number of benzene rings is 3. The van der Waals surface area contributed by atoms with Crippen molar-refractivity contribution in [2.45, 2.75) is 52.0 Å². The van der Waals surface area contributed by atoms with Gasteiger partial charge in [-0.3, -0.25) is 9.69 Å². The van der Waals surface area contributed by atoms with Crippen LogP contribution in [0.2, 0.25) is 0 Å². The maximum atomic E-state index is 13.4. The van der Waals surface area contributed by atoms with Crippen LogP contribution in [0, 0.1) is 0 Å². The standard InChI is InChI=1S/C34H41F3N4O2/c1-4-40(5-2)24-27-22-30(15-16-32(27)42)38-29-13-8-26(9-14-29)23-41(31-18-20-39(3)21-19-31)33(43)17-10-25-6-11-28(12-7-25)34(35,36)37/h6-17,22,31,38,42H,4-5,18-21,23-24H2,1-3H3/b17-10+.